The molecule has 7 nitrogen and oxygen atoms in total. The Balaban J connectivity index is 2.58. The summed E-state index contributed by atoms with van der Waals surface area (Å²) in [6, 6.07) is 6.01. The lowest BCUT2D eigenvalue weighted by Gasteiger charge is -2.11. The molecule has 0 radical (unpaired) electrons. The second-order valence-corrected chi connectivity index (χ2v) is 6.80. The molecule has 1 aliphatic rings. The molecule has 1 aliphatic carbocycles. The summed E-state index contributed by atoms with van der Waals surface area (Å²) in [6.07, 6.45) is 0.974. The van der Waals surface area contributed by atoms with Crippen LogP contribution < -0.4 is 0 Å². The van der Waals surface area contributed by atoms with Gasteiger partial charge in [-0.1, -0.05) is 46.0 Å². The van der Waals surface area contributed by atoms with Gasteiger partial charge in [0.05, 0.1) is 21.3 Å². The molecule has 0 unspecified atom stereocenters. The zero-order valence-electron chi connectivity index (χ0n) is 11.6. The van der Waals surface area contributed by atoms with Crippen molar-refractivity contribution >= 4 is 44.7 Å². The summed E-state index contributed by atoms with van der Waals surface area (Å²) in [5.74, 6) is -0.804. The standard InChI is InChI=1S/C13H8Cl2N4O3S/c1-7-2-4-8(5-3-7)23(21,22)18-9-6-10(17-19-16)13(20)12(15)11(9)14/h2-6H,1H3/b18-9-. The van der Waals surface area contributed by atoms with E-state index in [1.165, 1.54) is 12.1 Å². The van der Waals surface area contributed by atoms with Gasteiger partial charge in [0.1, 0.15) is 5.03 Å². The number of nitrogens with zero attached hydrogens (tertiary/aromatic N) is 4. The minimum absolute atomic E-state index is 0.0492. The zero-order chi connectivity index (χ0) is 17.2. The van der Waals surface area contributed by atoms with E-state index in [0.717, 1.165) is 11.6 Å². The number of azide groups is 1. The number of sulfonamides is 1. The molecule has 1 aromatic rings. The predicted octanol–water partition coefficient (Wildman–Crippen LogP) is 3.59. The molecule has 0 N–H and O–H groups in total. The maximum absolute atomic E-state index is 12.3. The molecule has 2 rings (SSSR count). The van der Waals surface area contributed by atoms with Crippen LogP contribution >= 0.6 is 23.2 Å². The van der Waals surface area contributed by atoms with Gasteiger partial charge in [-0.15, -0.1) is 0 Å². The fourth-order valence-electron chi connectivity index (χ4n) is 1.66. The van der Waals surface area contributed by atoms with E-state index >= 15 is 0 Å². The van der Waals surface area contributed by atoms with Gasteiger partial charge >= 0.3 is 0 Å². The van der Waals surface area contributed by atoms with Crippen molar-refractivity contribution in [3.05, 3.63) is 62.1 Å². The van der Waals surface area contributed by atoms with Crippen molar-refractivity contribution in [1.29, 1.82) is 0 Å². The molecule has 0 saturated carbocycles. The van der Waals surface area contributed by atoms with Crippen LogP contribution in [0.5, 0.6) is 0 Å². The van der Waals surface area contributed by atoms with Crippen molar-refractivity contribution in [1.82, 2.24) is 0 Å². The fraction of sp³-hybridized carbons (Fsp3) is 0.0769. The molecular formula is C13H8Cl2N4O3S. The lowest BCUT2D eigenvalue weighted by atomic mass is 10.1. The van der Waals surface area contributed by atoms with Crippen molar-refractivity contribution in [2.24, 2.45) is 9.51 Å². The molecule has 0 atom stereocenters. The van der Waals surface area contributed by atoms with Gasteiger partial charge in [0.25, 0.3) is 10.0 Å². The van der Waals surface area contributed by atoms with E-state index in [2.05, 4.69) is 14.4 Å². The van der Waals surface area contributed by atoms with Gasteiger partial charge in [-0.05, 0) is 30.7 Å². The van der Waals surface area contributed by atoms with E-state index in [1.54, 1.807) is 12.1 Å². The number of Topliss-reactive ketones (excluding diaryl/α,β-unsaturated/α-hetero) is 1. The zero-order valence-corrected chi connectivity index (χ0v) is 13.9. The number of hydrogen-bond acceptors (Lipinski definition) is 4. The molecule has 0 heterocycles. The average Bonchev–Trinajstić information content (AvgIpc) is 2.50. The average molecular weight is 371 g/mol. The lowest BCUT2D eigenvalue weighted by Crippen LogP contribution is -2.15. The molecule has 1 aromatic carbocycles. The Labute approximate surface area is 141 Å². The van der Waals surface area contributed by atoms with Crippen molar-refractivity contribution in [2.75, 3.05) is 0 Å². The predicted molar refractivity (Wildman–Crippen MR) is 86.8 cm³/mol. The van der Waals surface area contributed by atoms with Crippen LogP contribution in [0.4, 0.5) is 0 Å². The van der Waals surface area contributed by atoms with Crippen molar-refractivity contribution < 1.29 is 13.2 Å². The third-order valence-electron chi connectivity index (χ3n) is 2.81. The first-order chi connectivity index (χ1) is 10.8. The summed E-state index contributed by atoms with van der Waals surface area (Å²) in [6.45, 7) is 1.81. The van der Waals surface area contributed by atoms with Crippen molar-refractivity contribution in [3.63, 3.8) is 0 Å². The van der Waals surface area contributed by atoms with Crippen molar-refractivity contribution in [3.8, 4) is 0 Å². The third-order valence-corrected chi connectivity index (χ3v) is 4.96. The van der Waals surface area contributed by atoms with Crippen LogP contribution in [-0.4, -0.2) is 19.9 Å². The first-order valence-corrected chi connectivity index (χ1v) is 8.24. The van der Waals surface area contributed by atoms with Crippen molar-refractivity contribution in [2.45, 2.75) is 11.8 Å². The number of rotatable bonds is 3. The summed E-state index contributed by atoms with van der Waals surface area (Å²) in [5, 5.41) is 2.36. The summed E-state index contributed by atoms with van der Waals surface area (Å²) >= 11 is 11.6. The van der Waals surface area contributed by atoms with Crippen LogP contribution in [0.15, 0.2) is 60.5 Å². The maximum atomic E-state index is 12.3. The van der Waals surface area contributed by atoms with Gasteiger partial charge in [-0.2, -0.15) is 12.8 Å². The van der Waals surface area contributed by atoms with Gasteiger partial charge in [0.2, 0.25) is 5.78 Å². The minimum Gasteiger partial charge on any atom is -0.288 e. The molecule has 10 heteroatoms. The Hall–Kier alpha value is -2.12. The molecule has 118 valence electrons. The van der Waals surface area contributed by atoms with Gasteiger partial charge < -0.3 is 0 Å². The second-order valence-electron chi connectivity index (χ2n) is 4.44. The lowest BCUT2D eigenvalue weighted by molar-refractivity contribution is -0.111. The van der Waals surface area contributed by atoms with E-state index < -0.39 is 20.8 Å². The van der Waals surface area contributed by atoms with Gasteiger partial charge in [-0.25, -0.2) is 0 Å². The summed E-state index contributed by atoms with van der Waals surface area (Å²) < 4.78 is 28.1. The first kappa shape index (κ1) is 17.2. The third kappa shape index (κ3) is 3.62. The summed E-state index contributed by atoms with van der Waals surface area (Å²) in [4.78, 5) is 14.2. The van der Waals surface area contributed by atoms with E-state index in [1.807, 2.05) is 6.92 Å². The molecule has 0 aromatic heterocycles. The van der Waals surface area contributed by atoms with Gasteiger partial charge in [0, 0.05) is 4.91 Å². The quantitative estimate of drug-likeness (QED) is 0.350. The summed E-state index contributed by atoms with van der Waals surface area (Å²) in [5.41, 5.74) is 8.64. The molecule has 0 aliphatic heterocycles. The highest BCUT2D eigenvalue weighted by Crippen LogP contribution is 2.28. The van der Waals surface area contributed by atoms with Crippen LogP contribution in [0, 0.1) is 6.92 Å². The molecule has 0 spiro atoms. The minimum atomic E-state index is -4.07. The number of benzene rings is 1. The van der Waals surface area contributed by atoms with Crippen LogP contribution in [0.3, 0.4) is 0 Å². The topological polar surface area (TPSA) is 112 Å². The van der Waals surface area contributed by atoms with E-state index in [0.29, 0.717) is 0 Å². The van der Waals surface area contributed by atoms with Gasteiger partial charge in [-0.3, -0.25) is 4.79 Å². The SMILES string of the molecule is Cc1ccc(S(=O)(=O)/N=C2/C=C(N=[N+]=[N-])C(=O)C(Cl)=C2Cl)cc1. The highest BCUT2D eigenvalue weighted by atomic mass is 35.5. The Morgan fingerprint density at radius 2 is 1.74 bits per heavy atom. The van der Waals surface area contributed by atoms with Crippen LogP contribution in [0.25, 0.3) is 10.4 Å². The molecule has 0 saturated heterocycles. The smallest absolute Gasteiger partial charge is 0.282 e. The summed E-state index contributed by atoms with van der Waals surface area (Å²) in [7, 11) is -4.07. The highest BCUT2D eigenvalue weighted by Gasteiger charge is 2.26. The van der Waals surface area contributed by atoms with Crippen LogP contribution in [-0.2, 0) is 14.8 Å². The second kappa shape index (κ2) is 6.55. The van der Waals surface area contributed by atoms with E-state index in [9.17, 15) is 13.2 Å². The molecule has 23 heavy (non-hydrogen) atoms. The highest BCUT2D eigenvalue weighted by molar-refractivity contribution is 7.90. The molecule has 0 bridgehead atoms. The number of ketones is 1. The number of hydrogen-bond donors (Lipinski definition) is 0. The Kier molecular flexibility index (Phi) is 4.91. The van der Waals surface area contributed by atoms with Crippen LogP contribution in [0.2, 0.25) is 0 Å². The monoisotopic (exact) mass is 370 g/mol. The normalized spacial score (nSPS) is 17.1. The fourth-order valence-corrected chi connectivity index (χ4v) is 3.08. The molecule has 0 fully saturated rings. The molecular weight excluding hydrogens is 363 g/mol. The van der Waals surface area contributed by atoms with Gasteiger partial charge in [0.15, 0.2) is 0 Å². The Bertz CT molecular complexity index is 924. The number of carbonyl (C=O) groups is 1. The number of carbonyl (C=O) groups excluding carboxylic acids is 1. The number of allylic oxidation sites excluding steroid dienone is 3. The van der Waals surface area contributed by atoms with E-state index in [-0.39, 0.29) is 21.3 Å². The Morgan fingerprint density at radius 3 is 2.30 bits per heavy atom. The number of aryl methyl sites for hydroxylation is 1. The number of halogens is 2. The first-order valence-electron chi connectivity index (χ1n) is 6.05. The largest absolute Gasteiger partial charge is 0.288 e. The Morgan fingerprint density at radius 1 is 1.13 bits per heavy atom. The van der Waals surface area contributed by atoms with Crippen LogP contribution in [0.1, 0.15) is 5.56 Å². The molecule has 0 amide bonds. The van der Waals surface area contributed by atoms with E-state index in [4.69, 9.17) is 28.7 Å². The maximum Gasteiger partial charge on any atom is 0.282 e.